The Hall–Kier alpha value is -4.36. The van der Waals surface area contributed by atoms with Crippen LogP contribution in [0.25, 0.3) is 22.4 Å². The van der Waals surface area contributed by atoms with Crippen LogP contribution in [0.2, 0.25) is 5.02 Å². The highest BCUT2D eigenvalue weighted by atomic mass is 35.5. The number of furan rings is 1. The Morgan fingerprint density at radius 3 is 2.25 bits per heavy atom. The number of nitrogens with zero attached hydrogens (tertiary/aromatic N) is 2. The van der Waals surface area contributed by atoms with Gasteiger partial charge in [-0.2, -0.15) is 0 Å². The van der Waals surface area contributed by atoms with Crippen molar-refractivity contribution in [3.05, 3.63) is 102 Å². The first-order chi connectivity index (χ1) is 17.7. The number of carbonyl (C=O) groups is 1. The minimum Gasteiger partial charge on any atom is -0.436 e. The second-order valence-electron chi connectivity index (χ2n) is 7.77. The number of nitrogens with one attached hydrogen (secondary N) is 3. The number of para-hydroxylation sites is 1. The van der Waals surface area contributed by atoms with E-state index < -0.39 is 0 Å². The number of amides is 1. The first-order valence-corrected chi connectivity index (χ1v) is 11.8. The fourth-order valence-electron chi connectivity index (χ4n) is 3.57. The number of fused-ring (bicyclic) bond motifs is 1. The van der Waals surface area contributed by atoms with Crippen LogP contribution in [0.5, 0.6) is 0 Å². The summed E-state index contributed by atoms with van der Waals surface area (Å²) >= 11 is 6.61. The standard InChI is InChI=1S/C21H19ClN4O.C7H7NO/c1-23-16-9-7-14(8-10-16)11-12-24-20-17-18(22)19(15-5-3-2-4-6-15)27-21(17)26-13-25-20;9-6-8-7-4-2-1-3-5-7/h2-10,13,23H,11-12H2,1H3,(H,24,25,26);1-6H,(H,8,9). The zero-order chi connectivity index (χ0) is 25.2. The van der Waals surface area contributed by atoms with E-state index in [1.807, 2.05) is 67.7 Å². The van der Waals surface area contributed by atoms with Crippen LogP contribution < -0.4 is 16.0 Å². The van der Waals surface area contributed by atoms with Gasteiger partial charge in [-0.05, 0) is 36.2 Å². The molecule has 2 heterocycles. The van der Waals surface area contributed by atoms with Gasteiger partial charge in [0.1, 0.15) is 22.6 Å². The van der Waals surface area contributed by atoms with Crippen LogP contribution in [0, 0.1) is 0 Å². The molecule has 0 aliphatic rings. The van der Waals surface area contributed by atoms with Gasteiger partial charge in [0, 0.05) is 30.5 Å². The predicted molar refractivity (Wildman–Crippen MR) is 147 cm³/mol. The Kier molecular flexibility index (Phi) is 8.51. The number of hydrogen-bond donors (Lipinski definition) is 3. The smallest absolute Gasteiger partial charge is 0.233 e. The summed E-state index contributed by atoms with van der Waals surface area (Å²) in [5.41, 5.74) is 4.57. The largest absolute Gasteiger partial charge is 0.436 e. The molecule has 0 fully saturated rings. The molecule has 0 bridgehead atoms. The fourth-order valence-corrected chi connectivity index (χ4v) is 3.89. The van der Waals surface area contributed by atoms with E-state index in [9.17, 15) is 4.79 Å². The molecule has 0 spiro atoms. The normalized spacial score (nSPS) is 10.3. The van der Waals surface area contributed by atoms with Crippen LogP contribution in [-0.4, -0.2) is 30.0 Å². The maximum atomic E-state index is 9.86. The number of benzene rings is 3. The van der Waals surface area contributed by atoms with Gasteiger partial charge >= 0.3 is 0 Å². The van der Waals surface area contributed by atoms with Crippen molar-refractivity contribution >= 4 is 46.3 Å². The third-order valence-electron chi connectivity index (χ3n) is 5.41. The summed E-state index contributed by atoms with van der Waals surface area (Å²) in [4.78, 5) is 18.4. The SMILES string of the molecule is CNc1ccc(CCNc2ncnc3oc(-c4ccccc4)c(Cl)c23)cc1.O=CNc1ccccc1. The molecule has 7 nitrogen and oxygen atoms in total. The van der Waals surface area contributed by atoms with E-state index in [2.05, 4.69) is 50.2 Å². The van der Waals surface area contributed by atoms with E-state index in [1.165, 1.54) is 11.9 Å². The summed E-state index contributed by atoms with van der Waals surface area (Å²) in [6, 6.07) is 27.4. The Morgan fingerprint density at radius 1 is 0.889 bits per heavy atom. The zero-order valence-electron chi connectivity index (χ0n) is 19.7. The van der Waals surface area contributed by atoms with Gasteiger partial charge in [0.05, 0.1) is 0 Å². The highest BCUT2D eigenvalue weighted by molar-refractivity contribution is 6.38. The van der Waals surface area contributed by atoms with Gasteiger partial charge in [-0.3, -0.25) is 4.79 Å². The molecule has 0 aliphatic carbocycles. The van der Waals surface area contributed by atoms with Gasteiger partial charge in [-0.15, -0.1) is 0 Å². The summed E-state index contributed by atoms with van der Waals surface area (Å²) in [6.45, 7) is 0.729. The maximum Gasteiger partial charge on any atom is 0.233 e. The molecule has 0 saturated heterocycles. The summed E-state index contributed by atoms with van der Waals surface area (Å²) < 4.78 is 5.89. The van der Waals surface area contributed by atoms with Crippen molar-refractivity contribution in [3.8, 4) is 11.3 Å². The second kappa shape index (κ2) is 12.4. The van der Waals surface area contributed by atoms with Crippen LogP contribution in [-0.2, 0) is 11.2 Å². The molecule has 0 unspecified atom stereocenters. The van der Waals surface area contributed by atoms with Gasteiger partial charge in [0.25, 0.3) is 0 Å². The number of halogens is 1. The minimum atomic E-state index is 0.481. The molecule has 182 valence electrons. The van der Waals surface area contributed by atoms with Crippen molar-refractivity contribution in [2.45, 2.75) is 6.42 Å². The van der Waals surface area contributed by atoms with Gasteiger partial charge in [-0.1, -0.05) is 72.3 Å². The zero-order valence-corrected chi connectivity index (χ0v) is 20.5. The molecule has 0 radical (unpaired) electrons. The molecule has 3 aromatic carbocycles. The fraction of sp³-hybridized carbons (Fsp3) is 0.107. The Bertz CT molecular complexity index is 1390. The molecule has 2 aromatic heterocycles. The molecular formula is C28H26ClN5O2. The molecule has 5 rings (SSSR count). The summed E-state index contributed by atoms with van der Waals surface area (Å²) in [6.07, 6.45) is 3.02. The van der Waals surface area contributed by atoms with Crippen molar-refractivity contribution in [2.24, 2.45) is 0 Å². The average molecular weight is 500 g/mol. The topological polar surface area (TPSA) is 92.1 Å². The second-order valence-corrected chi connectivity index (χ2v) is 8.14. The Morgan fingerprint density at radius 2 is 1.58 bits per heavy atom. The number of aromatic nitrogens is 2. The van der Waals surface area contributed by atoms with E-state index in [4.69, 9.17) is 16.0 Å². The lowest BCUT2D eigenvalue weighted by Gasteiger charge is -2.07. The van der Waals surface area contributed by atoms with Crippen molar-refractivity contribution in [3.63, 3.8) is 0 Å². The van der Waals surface area contributed by atoms with Crippen LogP contribution in [0.3, 0.4) is 0 Å². The van der Waals surface area contributed by atoms with Crippen molar-refractivity contribution in [1.29, 1.82) is 0 Å². The van der Waals surface area contributed by atoms with Crippen LogP contribution in [0.1, 0.15) is 5.56 Å². The van der Waals surface area contributed by atoms with Crippen LogP contribution >= 0.6 is 11.6 Å². The van der Waals surface area contributed by atoms with Gasteiger partial charge in [0.2, 0.25) is 12.1 Å². The summed E-state index contributed by atoms with van der Waals surface area (Å²) in [7, 11) is 1.91. The molecule has 5 aromatic rings. The van der Waals surface area contributed by atoms with E-state index in [0.29, 0.717) is 34.1 Å². The number of carbonyl (C=O) groups excluding carboxylic acids is 1. The molecule has 3 N–H and O–H groups in total. The molecule has 8 heteroatoms. The van der Waals surface area contributed by atoms with Crippen LogP contribution in [0.4, 0.5) is 17.2 Å². The molecular weight excluding hydrogens is 474 g/mol. The first-order valence-electron chi connectivity index (χ1n) is 11.4. The van der Waals surface area contributed by atoms with Gasteiger partial charge in [0.15, 0.2) is 5.76 Å². The predicted octanol–water partition coefficient (Wildman–Crippen LogP) is 6.49. The maximum absolute atomic E-state index is 9.86. The average Bonchev–Trinajstić information content (AvgIpc) is 3.28. The van der Waals surface area contributed by atoms with E-state index in [1.54, 1.807) is 0 Å². The van der Waals surface area contributed by atoms with Gasteiger partial charge < -0.3 is 20.4 Å². The van der Waals surface area contributed by atoms with E-state index in [0.717, 1.165) is 29.9 Å². The molecule has 36 heavy (non-hydrogen) atoms. The quantitative estimate of drug-likeness (QED) is 0.211. The van der Waals surface area contributed by atoms with Crippen molar-refractivity contribution < 1.29 is 9.21 Å². The first kappa shape index (κ1) is 24.8. The highest BCUT2D eigenvalue weighted by Crippen LogP contribution is 2.39. The molecule has 0 saturated carbocycles. The lowest BCUT2D eigenvalue weighted by atomic mass is 10.1. The number of anilines is 3. The number of hydrogen-bond acceptors (Lipinski definition) is 6. The minimum absolute atomic E-state index is 0.481. The third-order valence-corrected chi connectivity index (χ3v) is 5.77. The summed E-state index contributed by atoms with van der Waals surface area (Å²) in [5, 5.41) is 10.2. The third kappa shape index (κ3) is 6.20. The van der Waals surface area contributed by atoms with Crippen molar-refractivity contribution in [2.75, 3.05) is 29.5 Å². The van der Waals surface area contributed by atoms with E-state index in [-0.39, 0.29) is 0 Å². The summed E-state index contributed by atoms with van der Waals surface area (Å²) in [5.74, 6) is 1.29. The Labute approximate surface area is 214 Å². The highest BCUT2D eigenvalue weighted by Gasteiger charge is 2.18. The molecule has 0 aliphatic heterocycles. The lowest BCUT2D eigenvalue weighted by Crippen LogP contribution is -2.07. The van der Waals surface area contributed by atoms with Gasteiger partial charge in [-0.25, -0.2) is 9.97 Å². The lowest BCUT2D eigenvalue weighted by molar-refractivity contribution is -0.105. The Balaban J connectivity index is 0.000000286. The van der Waals surface area contributed by atoms with E-state index >= 15 is 0 Å². The number of rotatable bonds is 8. The van der Waals surface area contributed by atoms with Crippen molar-refractivity contribution in [1.82, 2.24) is 9.97 Å². The van der Waals surface area contributed by atoms with Crippen LogP contribution in [0.15, 0.2) is 95.7 Å². The molecule has 1 amide bonds. The monoisotopic (exact) mass is 499 g/mol. The molecule has 0 atom stereocenters.